The number of primary amides is 2. The molecule has 1 fully saturated rings. The number of hydrogen-bond acceptors (Lipinski definition) is 16. The summed E-state index contributed by atoms with van der Waals surface area (Å²) in [5.41, 5.74) is 25.9. The number of phenols is 2. The van der Waals surface area contributed by atoms with Gasteiger partial charge in [0.25, 0.3) is 0 Å². The van der Waals surface area contributed by atoms with Gasteiger partial charge >= 0.3 is 6.03 Å². The first-order valence-electron chi connectivity index (χ1n) is 26.3. The van der Waals surface area contributed by atoms with Gasteiger partial charge in [0.2, 0.25) is 47.3 Å². The molecule has 24 nitrogen and oxygen atoms in total. The summed E-state index contributed by atoms with van der Waals surface area (Å²) in [5, 5.41) is 52.5. The molecule has 1 aliphatic rings. The van der Waals surface area contributed by atoms with Gasteiger partial charge in [-0.2, -0.15) is 0 Å². The summed E-state index contributed by atoms with van der Waals surface area (Å²) in [6.45, 7) is 1.63. The Labute approximate surface area is 486 Å². The number of amides is 10. The van der Waals surface area contributed by atoms with Gasteiger partial charge < -0.3 is 80.8 Å². The molecule has 4 aromatic carbocycles. The molecule has 10 amide bonds. The number of nitrogens with two attached hydrogens (primary N) is 4. The first-order valence-corrected chi connectivity index (χ1v) is 29.2. The van der Waals surface area contributed by atoms with Gasteiger partial charge in [0, 0.05) is 42.3 Å². The van der Waals surface area contributed by atoms with Crippen molar-refractivity contribution in [1.82, 2.24) is 42.5 Å². The number of unbranched alkanes of at least 4 members (excludes halogenated alkanes) is 2. The molecule has 0 aliphatic carbocycles. The summed E-state index contributed by atoms with van der Waals surface area (Å²) in [6.07, 6.45) is -0.715. The van der Waals surface area contributed by atoms with Crippen molar-refractivity contribution in [3.05, 3.63) is 130 Å². The number of rotatable bonds is 21. The van der Waals surface area contributed by atoms with E-state index in [9.17, 15) is 58.5 Å². The van der Waals surface area contributed by atoms with Gasteiger partial charge in [0.1, 0.15) is 53.8 Å². The van der Waals surface area contributed by atoms with Crippen LogP contribution in [0.2, 0.25) is 5.02 Å². The molecule has 27 heteroatoms. The van der Waals surface area contributed by atoms with Gasteiger partial charge in [-0.3, -0.25) is 38.4 Å². The molecule has 0 unspecified atom stereocenters. The second kappa shape index (κ2) is 32.7. The average molecular weight is 1190 g/mol. The third-order valence-corrected chi connectivity index (χ3v) is 15.7. The van der Waals surface area contributed by atoms with Crippen molar-refractivity contribution in [2.75, 3.05) is 18.1 Å². The fourth-order valence-electron chi connectivity index (χ4n) is 8.39. The number of aliphatic hydroxyl groups excluding tert-OH is 1. The normalized spacial score (nSPS) is 20.7. The van der Waals surface area contributed by atoms with E-state index in [-0.39, 0.29) is 61.7 Å². The first-order chi connectivity index (χ1) is 39.1. The zero-order valence-electron chi connectivity index (χ0n) is 44.9. The topological polar surface area (TPSA) is 415 Å². The lowest BCUT2D eigenvalue weighted by Gasteiger charge is -2.29. The molecular formula is C55H71ClN12O12S2. The molecule has 0 radical (unpaired) electrons. The average Bonchev–Trinajstić information content (AvgIpc) is 3.44. The van der Waals surface area contributed by atoms with Gasteiger partial charge in [-0.15, -0.1) is 0 Å². The number of carbonyl (C=O) groups excluding carboxylic acids is 9. The van der Waals surface area contributed by atoms with Crippen molar-refractivity contribution in [3.63, 3.8) is 0 Å². The number of hydrogen-bond donors (Lipinski definition) is 15. The van der Waals surface area contributed by atoms with Crippen LogP contribution in [-0.2, 0) is 70.6 Å². The quantitative estimate of drug-likeness (QED) is 0.0376. The van der Waals surface area contributed by atoms with Crippen molar-refractivity contribution >= 4 is 86.5 Å². The predicted octanol–water partition coefficient (Wildman–Crippen LogP) is -0.309. The van der Waals surface area contributed by atoms with E-state index >= 15 is 0 Å². The maximum atomic E-state index is 14.8. The van der Waals surface area contributed by atoms with Gasteiger partial charge in [0.05, 0.1) is 12.1 Å². The van der Waals surface area contributed by atoms with Crippen LogP contribution in [0.5, 0.6) is 11.5 Å². The maximum Gasteiger partial charge on any atom is 0.312 e. The van der Waals surface area contributed by atoms with E-state index in [1.165, 1.54) is 55.5 Å². The van der Waals surface area contributed by atoms with Crippen molar-refractivity contribution in [3.8, 4) is 11.5 Å². The number of urea groups is 1. The molecule has 0 aromatic heterocycles. The fraction of sp³-hybridized carbons (Fsp3) is 0.400. The number of aromatic hydroxyl groups is 2. The third kappa shape index (κ3) is 21.7. The largest absolute Gasteiger partial charge is 0.508 e. The van der Waals surface area contributed by atoms with E-state index in [1.807, 2.05) is 0 Å². The van der Waals surface area contributed by atoms with E-state index in [0.717, 1.165) is 21.6 Å². The molecule has 5 rings (SSSR count). The van der Waals surface area contributed by atoms with Crippen molar-refractivity contribution in [2.45, 2.75) is 119 Å². The smallest absolute Gasteiger partial charge is 0.312 e. The summed E-state index contributed by atoms with van der Waals surface area (Å²) in [6, 6.07) is 12.4. The fourth-order valence-corrected chi connectivity index (χ4v) is 10.8. The zero-order chi connectivity index (χ0) is 59.9. The summed E-state index contributed by atoms with van der Waals surface area (Å²) >= 11 is 6.08. The SMILES string of the molecule is C[C@@H](O)[C@@H]1NC(=O)[C@H](CCCCCN)NC(=O)[C@@H](Cc2ccc(CNC(N)=O)cc2)NC(=O)[C@H](Cc2ccc(O)cc2)NC(=O)[C@H](NC(=O)[C@@H](N)Cc2ccc(Cl)cc2)CSSC[C@@H](C(=O)N[C@H](Cc2ccc(O)cc2)C(N)=O)NC1=O. The monoisotopic (exact) mass is 1190 g/mol. The van der Waals surface area contributed by atoms with Crippen LogP contribution in [-0.4, -0.2) is 141 Å². The Balaban J connectivity index is 1.58. The molecule has 0 bridgehead atoms. The van der Waals surface area contributed by atoms with Gasteiger partial charge in [0.15, 0.2) is 0 Å². The summed E-state index contributed by atoms with van der Waals surface area (Å²) in [7, 11) is 1.91. The molecule has 0 saturated carbocycles. The van der Waals surface area contributed by atoms with Crippen LogP contribution >= 0.6 is 33.2 Å². The molecule has 4 aromatic rings. The number of phenolic OH excluding ortho intramolecular Hbond substituents is 2. The van der Waals surface area contributed by atoms with Crippen molar-refractivity contribution in [2.24, 2.45) is 22.9 Å². The minimum absolute atomic E-state index is 0.0155. The van der Waals surface area contributed by atoms with Crippen LogP contribution in [0.25, 0.3) is 0 Å². The summed E-state index contributed by atoms with van der Waals surface area (Å²) < 4.78 is 0. The van der Waals surface area contributed by atoms with Crippen LogP contribution in [0.4, 0.5) is 4.79 Å². The van der Waals surface area contributed by atoms with E-state index in [1.54, 1.807) is 48.5 Å². The molecular weight excluding hydrogens is 1120 g/mol. The first kappa shape index (κ1) is 65.2. The van der Waals surface area contributed by atoms with Crippen LogP contribution in [0.3, 0.4) is 0 Å². The second-order valence-electron chi connectivity index (χ2n) is 19.6. The lowest BCUT2D eigenvalue weighted by molar-refractivity contribution is -0.136. The highest BCUT2D eigenvalue weighted by Crippen LogP contribution is 2.24. The van der Waals surface area contributed by atoms with Gasteiger partial charge in [-0.25, -0.2) is 4.79 Å². The molecule has 0 spiro atoms. The second-order valence-corrected chi connectivity index (χ2v) is 22.6. The Kier molecular flexibility index (Phi) is 26.0. The number of aliphatic hydroxyl groups is 1. The molecule has 82 heavy (non-hydrogen) atoms. The Bertz CT molecular complexity index is 2820. The Morgan fingerprint density at radius 3 is 1.70 bits per heavy atom. The highest BCUT2D eigenvalue weighted by Gasteiger charge is 2.36. The molecule has 1 heterocycles. The zero-order valence-corrected chi connectivity index (χ0v) is 47.3. The van der Waals surface area contributed by atoms with Gasteiger partial charge in [-0.05, 0) is 96.9 Å². The Hall–Kier alpha value is -7.62. The summed E-state index contributed by atoms with van der Waals surface area (Å²) in [5.74, 6) is -7.94. The lowest BCUT2D eigenvalue weighted by atomic mass is 10.00. The van der Waals surface area contributed by atoms with E-state index in [2.05, 4.69) is 42.5 Å². The predicted molar refractivity (Wildman–Crippen MR) is 310 cm³/mol. The number of benzene rings is 4. The van der Waals surface area contributed by atoms with Crippen LogP contribution in [0, 0.1) is 0 Å². The number of nitrogens with one attached hydrogen (secondary N) is 8. The van der Waals surface area contributed by atoms with E-state index < -0.39 is 108 Å². The number of carbonyl (C=O) groups is 9. The molecule has 1 aliphatic heterocycles. The number of halogens is 1. The molecule has 19 N–H and O–H groups in total. The summed E-state index contributed by atoms with van der Waals surface area (Å²) in [4.78, 5) is 125. The Morgan fingerprint density at radius 2 is 1.13 bits per heavy atom. The third-order valence-electron chi connectivity index (χ3n) is 13.0. The minimum Gasteiger partial charge on any atom is -0.508 e. The maximum absolute atomic E-state index is 14.8. The van der Waals surface area contributed by atoms with Crippen LogP contribution in [0.1, 0.15) is 60.4 Å². The van der Waals surface area contributed by atoms with Crippen molar-refractivity contribution < 1.29 is 58.5 Å². The Morgan fingerprint density at radius 1 is 0.634 bits per heavy atom. The highest BCUT2D eigenvalue weighted by molar-refractivity contribution is 8.76. The minimum atomic E-state index is -1.75. The lowest BCUT2D eigenvalue weighted by Crippen LogP contribution is -2.62. The highest BCUT2D eigenvalue weighted by atomic mass is 35.5. The van der Waals surface area contributed by atoms with Gasteiger partial charge in [-0.1, -0.05) is 107 Å². The van der Waals surface area contributed by atoms with Crippen molar-refractivity contribution in [1.29, 1.82) is 0 Å². The van der Waals surface area contributed by atoms with E-state index in [0.29, 0.717) is 58.6 Å². The molecule has 1 saturated heterocycles. The van der Waals surface area contributed by atoms with Crippen LogP contribution < -0.4 is 65.5 Å². The van der Waals surface area contributed by atoms with Crippen LogP contribution in [0.15, 0.2) is 97.1 Å². The van der Waals surface area contributed by atoms with E-state index in [4.69, 9.17) is 34.5 Å². The molecule has 9 atom stereocenters. The molecule has 442 valence electrons. The standard InChI is InChI=1S/C55H71ClN12O12S2/c1-30(69)46-54(79)67-45(52(77)63-41(47(59)72)24-33-12-18-37(70)19-13-33)29-82-81-28-44(66-48(73)39(58)23-31-10-16-36(56)17-11-31)53(78)65-43(26-34-14-20-38(71)21-15-34)51(76)64-42(25-32-6-8-35(9-7-32)27-61-55(60)80)50(75)62-40(49(74)68-46)5-3-2-4-22-57/h6-21,30,39-46,69-71H,2-5,22-29,57-58H2,1H3,(H2,59,72)(H,62,75)(H,63,77)(H,64,76)(H,65,78)(H,66,73)(H,67,79)(H,68,74)(H3,60,61,80)/t30-,39+,40+,41-,42-,43+,44-,45+,46+/m1/s1.